The molecule has 2 aromatic rings. The Morgan fingerprint density at radius 2 is 1.58 bits per heavy atom. The number of nitrogens with zero attached hydrogens (tertiary/aromatic N) is 5. The van der Waals surface area contributed by atoms with E-state index in [-0.39, 0.29) is 0 Å². The van der Waals surface area contributed by atoms with E-state index in [0.29, 0.717) is 0 Å². The second-order valence-corrected chi connectivity index (χ2v) is 9.34. The van der Waals surface area contributed by atoms with Gasteiger partial charge in [0.2, 0.25) is 0 Å². The third-order valence-corrected chi connectivity index (χ3v) is 7.10. The molecule has 2 saturated heterocycles. The molecule has 0 amide bonds. The minimum absolute atomic E-state index is 0.870. The van der Waals surface area contributed by atoms with Crippen LogP contribution in [0.15, 0.2) is 24.3 Å². The molecule has 1 aliphatic carbocycles. The van der Waals surface area contributed by atoms with Gasteiger partial charge in [-0.2, -0.15) is 0 Å². The van der Waals surface area contributed by atoms with Crippen LogP contribution in [0.4, 0.5) is 11.5 Å². The van der Waals surface area contributed by atoms with Crippen LogP contribution >= 0.6 is 0 Å². The van der Waals surface area contributed by atoms with Crippen LogP contribution in [0.25, 0.3) is 11.4 Å². The molecule has 5 rings (SSSR count). The maximum atomic E-state index is 5.01. The first-order valence-corrected chi connectivity index (χ1v) is 12.2. The van der Waals surface area contributed by atoms with Crippen molar-refractivity contribution in [3.8, 4) is 11.4 Å². The van der Waals surface area contributed by atoms with Crippen LogP contribution in [0.1, 0.15) is 36.9 Å². The van der Waals surface area contributed by atoms with Gasteiger partial charge in [0.1, 0.15) is 5.82 Å². The zero-order valence-corrected chi connectivity index (χ0v) is 18.9. The van der Waals surface area contributed by atoms with Crippen molar-refractivity contribution in [2.75, 3.05) is 69.6 Å². The second kappa shape index (κ2) is 9.53. The molecule has 1 N–H and O–H groups in total. The maximum Gasteiger partial charge on any atom is 0.161 e. The molecule has 0 spiro atoms. The summed E-state index contributed by atoms with van der Waals surface area (Å²) < 4.78 is 0. The number of hydrogen-bond acceptors (Lipinski definition) is 6. The lowest BCUT2D eigenvalue weighted by Gasteiger charge is -2.34. The lowest BCUT2D eigenvalue weighted by Crippen LogP contribution is -2.44. The van der Waals surface area contributed by atoms with Gasteiger partial charge in [-0.15, -0.1) is 0 Å². The predicted molar refractivity (Wildman–Crippen MR) is 128 cm³/mol. The Kier molecular flexibility index (Phi) is 6.37. The monoisotopic (exact) mass is 420 g/mol. The van der Waals surface area contributed by atoms with Crippen molar-refractivity contribution in [2.24, 2.45) is 0 Å². The number of nitrogens with one attached hydrogen (secondary N) is 1. The first-order valence-electron chi connectivity index (χ1n) is 12.2. The van der Waals surface area contributed by atoms with Gasteiger partial charge in [0.15, 0.2) is 5.82 Å². The third-order valence-electron chi connectivity index (χ3n) is 7.10. The predicted octanol–water partition coefficient (Wildman–Crippen LogP) is 3.28. The molecule has 0 bridgehead atoms. The first kappa shape index (κ1) is 20.7. The summed E-state index contributed by atoms with van der Waals surface area (Å²) >= 11 is 0. The minimum atomic E-state index is 0.870. The van der Waals surface area contributed by atoms with Crippen LogP contribution in [0.2, 0.25) is 0 Å². The summed E-state index contributed by atoms with van der Waals surface area (Å²) in [5.41, 5.74) is 5.03. The molecule has 2 fully saturated rings. The maximum absolute atomic E-state index is 5.01. The van der Waals surface area contributed by atoms with E-state index in [1.165, 1.54) is 55.7 Å². The van der Waals surface area contributed by atoms with Crippen LogP contribution in [0.3, 0.4) is 0 Å². The third kappa shape index (κ3) is 4.85. The smallest absolute Gasteiger partial charge is 0.161 e. The highest BCUT2D eigenvalue weighted by Gasteiger charge is 2.20. The first-order chi connectivity index (χ1) is 15.3. The fraction of sp³-hybridized carbons (Fsp3) is 0.600. The van der Waals surface area contributed by atoms with Crippen LogP contribution in [-0.2, 0) is 12.8 Å². The highest BCUT2D eigenvalue weighted by Crippen LogP contribution is 2.29. The summed E-state index contributed by atoms with van der Waals surface area (Å²) in [6.45, 7) is 9.00. The Hall–Kier alpha value is -2.18. The van der Waals surface area contributed by atoms with E-state index in [0.717, 1.165) is 69.3 Å². The summed E-state index contributed by atoms with van der Waals surface area (Å²) in [5, 5.41) is 3.67. The molecule has 31 heavy (non-hydrogen) atoms. The normalized spacial score (nSPS) is 20.1. The van der Waals surface area contributed by atoms with E-state index in [2.05, 4.69) is 51.3 Å². The SMILES string of the molecule is CN1CCN(c2ccc(-c3nc4c(c(NCCN5CCCC5)n3)CCCC4)cc2)CC1. The van der Waals surface area contributed by atoms with Crippen molar-refractivity contribution in [3.05, 3.63) is 35.5 Å². The van der Waals surface area contributed by atoms with E-state index >= 15 is 0 Å². The number of benzene rings is 1. The van der Waals surface area contributed by atoms with Gasteiger partial charge in [-0.3, -0.25) is 0 Å². The van der Waals surface area contributed by atoms with Gasteiger partial charge in [0, 0.05) is 61.8 Å². The summed E-state index contributed by atoms with van der Waals surface area (Å²) in [6.07, 6.45) is 7.35. The number of aryl methyl sites for hydroxylation is 1. The molecule has 6 nitrogen and oxygen atoms in total. The molecule has 1 aromatic carbocycles. The number of anilines is 2. The summed E-state index contributed by atoms with van der Waals surface area (Å²) in [5.74, 6) is 1.94. The van der Waals surface area contributed by atoms with Crippen molar-refractivity contribution >= 4 is 11.5 Å². The molecule has 2 aliphatic heterocycles. The Labute approximate surface area is 186 Å². The number of hydrogen-bond donors (Lipinski definition) is 1. The van der Waals surface area contributed by atoms with Gasteiger partial charge in [0.25, 0.3) is 0 Å². The molecule has 0 radical (unpaired) electrons. The van der Waals surface area contributed by atoms with E-state index in [4.69, 9.17) is 9.97 Å². The van der Waals surface area contributed by atoms with Gasteiger partial charge in [-0.1, -0.05) is 0 Å². The fourth-order valence-corrected chi connectivity index (χ4v) is 5.09. The molecule has 3 aliphatic rings. The van der Waals surface area contributed by atoms with Crippen molar-refractivity contribution in [2.45, 2.75) is 38.5 Å². The van der Waals surface area contributed by atoms with E-state index < -0.39 is 0 Å². The lowest BCUT2D eigenvalue weighted by atomic mass is 9.96. The van der Waals surface area contributed by atoms with Crippen LogP contribution < -0.4 is 10.2 Å². The summed E-state index contributed by atoms with van der Waals surface area (Å²) in [7, 11) is 2.20. The van der Waals surface area contributed by atoms with Crippen molar-refractivity contribution in [1.29, 1.82) is 0 Å². The highest BCUT2D eigenvalue weighted by atomic mass is 15.2. The van der Waals surface area contributed by atoms with E-state index in [1.54, 1.807) is 0 Å². The molecule has 0 saturated carbocycles. The minimum Gasteiger partial charge on any atom is -0.369 e. The number of piperazine rings is 1. The number of likely N-dealkylation sites (tertiary alicyclic amines) is 1. The lowest BCUT2D eigenvalue weighted by molar-refractivity contribution is 0.313. The van der Waals surface area contributed by atoms with Gasteiger partial charge in [0.05, 0.1) is 0 Å². The number of aromatic nitrogens is 2. The molecular formula is C25H36N6. The zero-order valence-electron chi connectivity index (χ0n) is 18.9. The van der Waals surface area contributed by atoms with Crippen molar-refractivity contribution < 1.29 is 0 Å². The molecule has 0 unspecified atom stereocenters. The van der Waals surface area contributed by atoms with Crippen LogP contribution in [-0.4, -0.2) is 79.2 Å². The molecule has 166 valence electrons. The standard InChI is InChI=1S/C25H36N6/c1-29-16-18-31(19-17-29)21-10-8-20(9-11-21)24-27-23-7-3-2-6-22(23)25(28-24)26-12-15-30-13-4-5-14-30/h8-11H,2-7,12-19H2,1H3,(H,26,27,28). The van der Waals surface area contributed by atoms with E-state index in [9.17, 15) is 0 Å². The van der Waals surface area contributed by atoms with Crippen LogP contribution in [0, 0.1) is 0 Å². The number of likely N-dealkylation sites (N-methyl/N-ethyl adjacent to an activating group) is 1. The fourth-order valence-electron chi connectivity index (χ4n) is 5.09. The molecular weight excluding hydrogens is 384 g/mol. The average molecular weight is 421 g/mol. The average Bonchev–Trinajstić information content (AvgIpc) is 3.33. The Morgan fingerprint density at radius 1 is 0.839 bits per heavy atom. The second-order valence-electron chi connectivity index (χ2n) is 9.34. The van der Waals surface area contributed by atoms with Crippen molar-refractivity contribution in [3.63, 3.8) is 0 Å². The largest absolute Gasteiger partial charge is 0.369 e. The summed E-state index contributed by atoms with van der Waals surface area (Å²) in [6, 6.07) is 8.88. The Balaban J connectivity index is 1.33. The summed E-state index contributed by atoms with van der Waals surface area (Å²) in [4.78, 5) is 17.4. The number of rotatable bonds is 6. The molecule has 6 heteroatoms. The topological polar surface area (TPSA) is 47.5 Å². The van der Waals surface area contributed by atoms with Crippen molar-refractivity contribution in [1.82, 2.24) is 19.8 Å². The van der Waals surface area contributed by atoms with Gasteiger partial charge < -0.3 is 20.0 Å². The van der Waals surface area contributed by atoms with E-state index in [1.807, 2.05) is 0 Å². The molecule has 1 aromatic heterocycles. The number of fused-ring (bicyclic) bond motifs is 1. The highest BCUT2D eigenvalue weighted by molar-refractivity contribution is 5.63. The van der Waals surface area contributed by atoms with Gasteiger partial charge in [-0.05, 0) is 82.9 Å². The van der Waals surface area contributed by atoms with Gasteiger partial charge in [-0.25, -0.2) is 9.97 Å². The Bertz CT molecular complexity index is 866. The van der Waals surface area contributed by atoms with Crippen LogP contribution in [0.5, 0.6) is 0 Å². The zero-order chi connectivity index (χ0) is 21.0. The quantitative estimate of drug-likeness (QED) is 0.774. The molecule has 0 atom stereocenters. The van der Waals surface area contributed by atoms with Gasteiger partial charge >= 0.3 is 0 Å². The molecule has 3 heterocycles. The Morgan fingerprint density at radius 3 is 2.35 bits per heavy atom.